The first-order chi connectivity index (χ1) is 16.1. The molecule has 2 aliphatic rings. The van der Waals surface area contributed by atoms with Gasteiger partial charge in [0.1, 0.15) is 18.1 Å². The lowest BCUT2D eigenvalue weighted by Crippen LogP contribution is -2.56. The Morgan fingerprint density at radius 2 is 1.71 bits per heavy atom. The third-order valence-corrected chi connectivity index (χ3v) is 6.12. The Labute approximate surface area is 199 Å². The monoisotopic (exact) mass is 477 g/mol. The van der Waals surface area contributed by atoms with Crippen molar-refractivity contribution in [3.63, 3.8) is 0 Å². The fourth-order valence-electron chi connectivity index (χ4n) is 4.32. The summed E-state index contributed by atoms with van der Waals surface area (Å²) < 4.78 is 5.76. The Hall–Kier alpha value is -3.02. The van der Waals surface area contributed by atoms with Crippen molar-refractivity contribution in [3.05, 3.63) is 11.8 Å². The number of nitrogens with zero attached hydrogens (tertiary/aromatic N) is 3. The number of hydrogen-bond donors (Lipinski definition) is 4. The second-order valence-corrected chi connectivity index (χ2v) is 9.39. The summed E-state index contributed by atoms with van der Waals surface area (Å²) in [6, 6.07) is -3.98. The second-order valence-electron chi connectivity index (χ2n) is 9.39. The van der Waals surface area contributed by atoms with E-state index in [1.165, 1.54) is 0 Å². The average Bonchev–Trinajstić information content (AvgIpc) is 3.45. The van der Waals surface area contributed by atoms with Gasteiger partial charge in [-0.15, -0.1) is 10.2 Å². The summed E-state index contributed by atoms with van der Waals surface area (Å²) in [5.74, 6) is -0.688. The van der Waals surface area contributed by atoms with Crippen LogP contribution in [-0.2, 0) is 14.4 Å². The molecule has 12 heteroatoms. The zero-order valence-corrected chi connectivity index (χ0v) is 20.4. The zero-order chi connectivity index (χ0) is 25.0. The van der Waals surface area contributed by atoms with Gasteiger partial charge in [-0.3, -0.25) is 25.0 Å². The standard InChI is InChI=1S/C22H35N7O5/c1-6-14-20-28-27-19(34-20)12(4)24-22(33)26-17(30)15(10-11(2)3)25-18(31)16-8-7-9-29(16)21(32)13(5)23-14/h11-16,23H,6-10H2,1-5H3,(H,25,31)(H2,24,26,30,33)/t12-,13?,14?,15+,16-/m0/s1. The first kappa shape index (κ1) is 25.6. The first-order valence-electron chi connectivity index (χ1n) is 11.9. The van der Waals surface area contributed by atoms with E-state index in [1.54, 1.807) is 18.7 Å². The summed E-state index contributed by atoms with van der Waals surface area (Å²) in [7, 11) is 0. The van der Waals surface area contributed by atoms with E-state index in [4.69, 9.17) is 4.42 Å². The Morgan fingerprint density at radius 3 is 2.38 bits per heavy atom. The molecule has 0 radical (unpaired) electrons. The van der Waals surface area contributed by atoms with Gasteiger partial charge in [-0.25, -0.2) is 4.79 Å². The molecule has 0 aliphatic carbocycles. The van der Waals surface area contributed by atoms with Gasteiger partial charge in [-0.1, -0.05) is 20.8 Å². The van der Waals surface area contributed by atoms with Crippen LogP contribution < -0.4 is 21.3 Å². The molecule has 1 aromatic rings. The van der Waals surface area contributed by atoms with E-state index in [0.29, 0.717) is 38.1 Å². The number of amides is 5. The predicted octanol–water partition coefficient (Wildman–Crippen LogP) is 0.921. The van der Waals surface area contributed by atoms with Crippen LogP contribution in [0.1, 0.15) is 84.2 Å². The number of fused-ring (bicyclic) bond motifs is 3. The molecule has 4 N–H and O–H groups in total. The molecule has 1 aromatic heterocycles. The van der Waals surface area contributed by atoms with Crippen LogP contribution in [0.5, 0.6) is 0 Å². The third-order valence-electron chi connectivity index (χ3n) is 6.12. The lowest BCUT2D eigenvalue weighted by Gasteiger charge is -2.29. The van der Waals surface area contributed by atoms with Crippen molar-refractivity contribution in [1.82, 2.24) is 36.4 Å². The van der Waals surface area contributed by atoms with Gasteiger partial charge in [-0.2, -0.15) is 0 Å². The second kappa shape index (κ2) is 10.9. The van der Waals surface area contributed by atoms with E-state index in [0.717, 1.165) is 0 Å². The number of carbonyl (C=O) groups excluding carboxylic acids is 4. The lowest BCUT2D eigenvalue weighted by molar-refractivity contribution is -0.140. The molecular formula is C22H35N7O5. The van der Waals surface area contributed by atoms with Crippen molar-refractivity contribution in [2.75, 3.05) is 6.54 Å². The average molecular weight is 478 g/mol. The fraction of sp³-hybridized carbons (Fsp3) is 0.727. The van der Waals surface area contributed by atoms with Gasteiger partial charge in [0.2, 0.25) is 23.6 Å². The molecule has 2 bridgehead atoms. The van der Waals surface area contributed by atoms with Crippen LogP contribution >= 0.6 is 0 Å². The maximum Gasteiger partial charge on any atom is 0.322 e. The molecule has 34 heavy (non-hydrogen) atoms. The third kappa shape index (κ3) is 5.91. The molecule has 12 nitrogen and oxygen atoms in total. The molecule has 2 aliphatic heterocycles. The summed E-state index contributed by atoms with van der Waals surface area (Å²) in [5.41, 5.74) is 0. The molecule has 2 unspecified atom stereocenters. The van der Waals surface area contributed by atoms with E-state index in [9.17, 15) is 19.2 Å². The smallest absolute Gasteiger partial charge is 0.322 e. The number of imide groups is 1. The predicted molar refractivity (Wildman–Crippen MR) is 121 cm³/mol. The summed E-state index contributed by atoms with van der Waals surface area (Å²) in [6.07, 6.45) is 2.10. The first-order valence-corrected chi connectivity index (χ1v) is 11.9. The molecule has 0 spiro atoms. The number of nitrogens with one attached hydrogen (secondary N) is 4. The van der Waals surface area contributed by atoms with Gasteiger partial charge in [-0.05, 0) is 45.4 Å². The fourth-order valence-corrected chi connectivity index (χ4v) is 4.32. The molecule has 5 atom stereocenters. The normalized spacial score (nSPS) is 29.4. The Kier molecular flexibility index (Phi) is 8.24. The van der Waals surface area contributed by atoms with Crippen molar-refractivity contribution >= 4 is 23.8 Å². The van der Waals surface area contributed by atoms with E-state index >= 15 is 0 Å². The summed E-state index contributed by atoms with van der Waals surface area (Å²) >= 11 is 0. The van der Waals surface area contributed by atoms with Crippen LogP contribution in [0.15, 0.2) is 4.42 Å². The van der Waals surface area contributed by atoms with Gasteiger partial charge < -0.3 is 20.0 Å². The minimum Gasteiger partial charge on any atom is -0.421 e. The van der Waals surface area contributed by atoms with Gasteiger partial charge in [0.25, 0.3) is 5.91 Å². The SMILES string of the molecule is CCC1NC(C)C(=O)N2CCC[C@H]2C(=O)N[C@H](CC(C)C)C(=O)NC(=O)N[C@@H](C)c2nnc1o2. The number of carbonyl (C=O) groups is 4. The molecule has 0 aromatic carbocycles. The molecule has 188 valence electrons. The molecule has 3 heterocycles. The van der Waals surface area contributed by atoms with Crippen LogP contribution in [0.4, 0.5) is 4.79 Å². The molecule has 3 rings (SSSR count). The zero-order valence-electron chi connectivity index (χ0n) is 20.4. The molecule has 1 saturated heterocycles. The number of rotatable bonds is 3. The number of aromatic nitrogens is 2. The lowest BCUT2D eigenvalue weighted by atomic mass is 10.0. The van der Waals surface area contributed by atoms with Crippen molar-refractivity contribution in [2.24, 2.45) is 5.92 Å². The maximum atomic E-state index is 13.2. The molecular weight excluding hydrogens is 442 g/mol. The molecule has 5 amide bonds. The largest absolute Gasteiger partial charge is 0.421 e. The highest BCUT2D eigenvalue weighted by Crippen LogP contribution is 2.22. The van der Waals surface area contributed by atoms with Gasteiger partial charge in [0.05, 0.1) is 12.1 Å². The van der Waals surface area contributed by atoms with E-state index in [2.05, 4.69) is 31.5 Å². The summed E-state index contributed by atoms with van der Waals surface area (Å²) in [6.45, 7) is 9.59. The van der Waals surface area contributed by atoms with Gasteiger partial charge >= 0.3 is 6.03 Å². The Bertz CT molecular complexity index is 917. The number of urea groups is 1. The van der Waals surface area contributed by atoms with Crippen LogP contribution in [0, 0.1) is 5.92 Å². The molecule has 1 fully saturated rings. The highest BCUT2D eigenvalue weighted by molar-refractivity contribution is 5.99. The van der Waals surface area contributed by atoms with Crippen molar-refractivity contribution < 1.29 is 23.6 Å². The summed E-state index contributed by atoms with van der Waals surface area (Å²) in [5, 5.41) is 19.0. The highest BCUT2D eigenvalue weighted by Gasteiger charge is 2.38. The maximum absolute atomic E-state index is 13.2. The van der Waals surface area contributed by atoms with Crippen molar-refractivity contribution in [2.45, 2.75) is 90.5 Å². The Morgan fingerprint density at radius 1 is 1.00 bits per heavy atom. The van der Waals surface area contributed by atoms with Crippen molar-refractivity contribution in [3.8, 4) is 0 Å². The topological polar surface area (TPSA) is 159 Å². The van der Waals surface area contributed by atoms with Crippen LogP contribution in [0.3, 0.4) is 0 Å². The van der Waals surface area contributed by atoms with Crippen LogP contribution in [-0.4, -0.2) is 63.5 Å². The van der Waals surface area contributed by atoms with Crippen LogP contribution in [0.2, 0.25) is 0 Å². The highest BCUT2D eigenvalue weighted by atomic mass is 16.4. The minimum atomic E-state index is -0.920. The quantitative estimate of drug-likeness (QED) is 0.500. The van der Waals surface area contributed by atoms with Crippen molar-refractivity contribution in [1.29, 1.82) is 0 Å². The van der Waals surface area contributed by atoms with Gasteiger partial charge in [0, 0.05) is 6.54 Å². The minimum absolute atomic E-state index is 0.0838. The van der Waals surface area contributed by atoms with Crippen LogP contribution in [0.25, 0.3) is 0 Å². The molecule has 0 saturated carbocycles. The van der Waals surface area contributed by atoms with Gasteiger partial charge in [0.15, 0.2) is 0 Å². The Balaban J connectivity index is 1.92. The van der Waals surface area contributed by atoms with E-state index < -0.39 is 42.0 Å². The van der Waals surface area contributed by atoms with E-state index in [-0.39, 0.29) is 23.8 Å². The van der Waals surface area contributed by atoms with E-state index in [1.807, 2.05) is 20.8 Å². The summed E-state index contributed by atoms with van der Waals surface area (Å²) in [4.78, 5) is 53.2. The number of hydrogen-bond acceptors (Lipinski definition) is 8.